The highest BCUT2D eigenvalue weighted by molar-refractivity contribution is 6.11. The fourth-order valence-electron chi connectivity index (χ4n) is 3.18. The van der Waals surface area contributed by atoms with Crippen LogP contribution in [0.1, 0.15) is 30.9 Å². The maximum Gasteiger partial charge on any atom is 0.167 e. The minimum atomic E-state index is -0.390. The van der Waals surface area contributed by atoms with Crippen molar-refractivity contribution in [1.29, 1.82) is 0 Å². The van der Waals surface area contributed by atoms with E-state index in [-0.39, 0.29) is 23.7 Å². The predicted octanol–water partition coefficient (Wildman–Crippen LogP) is 3.09. The smallest absolute Gasteiger partial charge is 0.167 e. The van der Waals surface area contributed by atoms with E-state index in [2.05, 4.69) is 5.16 Å². The molecule has 1 N–H and O–H groups in total. The number of hydrogen-bond acceptors (Lipinski definition) is 5. The van der Waals surface area contributed by atoms with E-state index in [1.54, 1.807) is 24.3 Å². The number of carbonyl (C=O) groups is 2. The van der Waals surface area contributed by atoms with Gasteiger partial charge in [0, 0.05) is 6.42 Å². The summed E-state index contributed by atoms with van der Waals surface area (Å²) in [5.74, 6) is -0.311. The van der Waals surface area contributed by atoms with Crippen molar-refractivity contribution in [3.8, 4) is 5.75 Å². The molecule has 1 aliphatic rings. The zero-order valence-electron chi connectivity index (χ0n) is 11.7. The van der Waals surface area contributed by atoms with Crippen molar-refractivity contribution < 1.29 is 19.2 Å². The number of hydrogen-bond donors (Lipinski definition) is 1. The van der Waals surface area contributed by atoms with Crippen molar-refractivity contribution in [2.75, 3.05) is 0 Å². The summed E-state index contributed by atoms with van der Waals surface area (Å²) >= 11 is 0. The van der Waals surface area contributed by atoms with Crippen LogP contribution in [-0.2, 0) is 9.59 Å². The summed E-state index contributed by atoms with van der Waals surface area (Å²) < 4.78 is 5.37. The minimum absolute atomic E-state index is 0.0103. The number of phenolic OH excluding ortho intramolecular Hbond substituents is 1. The summed E-state index contributed by atoms with van der Waals surface area (Å²) in [5.41, 5.74) is 1.21. The fraction of sp³-hybridized carbons (Fsp3) is 0.235. The molecule has 1 saturated carbocycles. The number of aromatic hydroxyl groups is 1. The monoisotopic (exact) mass is 295 g/mol. The average Bonchev–Trinajstić information content (AvgIpc) is 2.91. The topological polar surface area (TPSA) is 80.4 Å². The molecule has 1 aromatic heterocycles. The van der Waals surface area contributed by atoms with Crippen LogP contribution in [0.4, 0.5) is 0 Å². The summed E-state index contributed by atoms with van der Waals surface area (Å²) in [4.78, 5) is 23.6. The molecule has 0 amide bonds. The molecule has 0 spiro atoms. The van der Waals surface area contributed by atoms with Crippen LogP contribution in [0.3, 0.4) is 0 Å². The molecule has 3 aromatic rings. The second-order valence-corrected chi connectivity index (χ2v) is 5.68. The molecule has 0 radical (unpaired) electrons. The van der Waals surface area contributed by atoms with E-state index in [4.69, 9.17) is 4.52 Å². The Labute approximate surface area is 125 Å². The number of fused-ring (bicyclic) bond motifs is 3. The second-order valence-electron chi connectivity index (χ2n) is 5.68. The molecule has 5 nitrogen and oxygen atoms in total. The molecule has 5 heteroatoms. The molecular formula is C17H13NO4. The number of benzene rings is 2. The van der Waals surface area contributed by atoms with E-state index >= 15 is 0 Å². The predicted molar refractivity (Wildman–Crippen MR) is 79.8 cm³/mol. The highest BCUT2D eigenvalue weighted by atomic mass is 16.5. The van der Waals surface area contributed by atoms with Gasteiger partial charge in [0.25, 0.3) is 0 Å². The third-order valence-corrected chi connectivity index (χ3v) is 4.27. The molecule has 1 aliphatic carbocycles. The van der Waals surface area contributed by atoms with Crippen LogP contribution in [0.2, 0.25) is 0 Å². The maximum atomic E-state index is 12.2. The Morgan fingerprint density at radius 1 is 1.18 bits per heavy atom. The SMILES string of the molecule is O=C1CC[C@@H](c2noc3ccc4cc(O)ccc4c23)C(=O)C1. The molecule has 110 valence electrons. The van der Waals surface area contributed by atoms with Crippen LogP contribution in [0.5, 0.6) is 5.75 Å². The first kappa shape index (κ1) is 13.0. The van der Waals surface area contributed by atoms with Crippen molar-refractivity contribution in [2.24, 2.45) is 0 Å². The molecule has 0 aliphatic heterocycles. The first-order valence-electron chi connectivity index (χ1n) is 7.19. The van der Waals surface area contributed by atoms with Crippen LogP contribution < -0.4 is 0 Å². The maximum absolute atomic E-state index is 12.2. The van der Waals surface area contributed by atoms with Gasteiger partial charge in [-0.1, -0.05) is 11.2 Å². The first-order valence-corrected chi connectivity index (χ1v) is 7.19. The van der Waals surface area contributed by atoms with Gasteiger partial charge in [-0.3, -0.25) is 9.59 Å². The molecule has 1 fully saturated rings. The fourth-order valence-corrected chi connectivity index (χ4v) is 3.18. The summed E-state index contributed by atoms with van der Waals surface area (Å²) in [6, 6.07) is 8.69. The Bertz CT molecular complexity index is 925. The Hall–Kier alpha value is -2.69. The Morgan fingerprint density at radius 3 is 2.86 bits per heavy atom. The number of Topliss-reactive ketones (excluding diaryl/α,β-unsaturated/α-hetero) is 2. The van der Waals surface area contributed by atoms with Crippen LogP contribution in [-0.4, -0.2) is 21.8 Å². The first-order chi connectivity index (χ1) is 10.6. The third kappa shape index (κ3) is 1.89. The molecule has 2 aromatic carbocycles. The molecule has 4 rings (SSSR count). The van der Waals surface area contributed by atoms with Crippen molar-refractivity contribution in [1.82, 2.24) is 5.16 Å². The summed E-state index contributed by atoms with van der Waals surface area (Å²) in [5, 5.41) is 16.2. The lowest BCUT2D eigenvalue weighted by molar-refractivity contribution is -0.130. The lowest BCUT2D eigenvalue weighted by Crippen LogP contribution is -2.23. The highest BCUT2D eigenvalue weighted by Gasteiger charge is 2.32. The Balaban J connectivity index is 1.95. The number of ketones is 2. The number of rotatable bonds is 1. The average molecular weight is 295 g/mol. The standard InChI is InChI=1S/C17H13NO4/c19-10-2-4-12-9(7-10)1-6-15-16(12)17(18-22-15)13-5-3-11(20)8-14(13)21/h1-2,4,6-7,13,19H,3,5,8H2/t13-/m1/s1. The van der Waals surface area contributed by atoms with Gasteiger partial charge in [0.05, 0.1) is 17.7 Å². The zero-order valence-corrected chi connectivity index (χ0v) is 11.7. The highest BCUT2D eigenvalue weighted by Crippen LogP contribution is 2.37. The van der Waals surface area contributed by atoms with E-state index in [0.29, 0.717) is 24.1 Å². The molecule has 1 atom stereocenters. The van der Waals surface area contributed by atoms with E-state index in [0.717, 1.165) is 16.2 Å². The largest absolute Gasteiger partial charge is 0.508 e. The molecular weight excluding hydrogens is 282 g/mol. The molecule has 0 unspecified atom stereocenters. The van der Waals surface area contributed by atoms with Crippen LogP contribution in [0, 0.1) is 0 Å². The lowest BCUT2D eigenvalue weighted by atomic mass is 9.83. The van der Waals surface area contributed by atoms with Gasteiger partial charge in [0.1, 0.15) is 23.0 Å². The number of carbonyl (C=O) groups excluding carboxylic acids is 2. The quantitative estimate of drug-likeness (QED) is 0.698. The van der Waals surface area contributed by atoms with Gasteiger partial charge in [-0.25, -0.2) is 0 Å². The molecule has 0 saturated heterocycles. The summed E-state index contributed by atoms with van der Waals surface area (Å²) in [6.07, 6.45) is 0.856. The van der Waals surface area contributed by atoms with E-state index in [9.17, 15) is 14.7 Å². The zero-order chi connectivity index (χ0) is 15.3. The summed E-state index contributed by atoms with van der Waals surface area (Å²) in [6.45, 7) is 0. The lowest BCUT2D eigenvalue weighted by Gasteiger charge is -2.17. The van der Waals surface area contributed by atoms with Crippen LogP contribution >= 0.6 is 0 Å². The number of nitrogens with zero attached hydrogens (tertiary/aromatic N) is 1. The van der Waals surface area contributed by atoms with E-state index in [1.807, 2.05) is 6.07 Å². The van der Waals surface area contributed by atoms with Crippen LogP contribution in [0.15, 0.2) is 34.9 Å². The second kappa shape index (κ2) is 4.66. The van der Waals surface area contributed by atoms with Crippen LogP contribution in [0.25, 0.3) is 21.7 Å². The Kier molecular flexibility index (Phi) is 2.76. The number of phenols is 1. The van der Waals surface area contributed by atoms with Gasteiger partial charge >= 0.3 is 0 Å². The molecule has 0 bridgehead atoms. The van der Waals surface area contributed by atoms with Crippen molar-refractivity contribution >= 4 is 33.3 Å². The van der Waals surface area contributed by atoms with Crippen molar-refractivity contribution in [3.63, 3.8) is 0 Å². The van der Waals surface area contributed by atoms with Gasteiger partial charge in [0.15, 0.2) is 5.58 Å². The number of aromatic nitrogens is 1. The van der Waals surface area contributed by atoms with E-state index < -0.39 is 5.92 Å². The van der Waals surface area contributed by atoms with Gasteiger partial charge in [0.2, 0.25) is 0 Å². The van der Waals surface area contributed by atoms with Crippen molar-refractivity contribution in [2.45, 2.75) is 25.2 Å². The minimum Gasteiger partial charge on any atom is -0.508 e. The third-order valence-electron chi connectivity index (χ3n) is 4.27. The van der Waals surface area contributed by atoms with Gasteiger partial charge in [-0.2, -0.15) is 0 Å². The molecule has 1 heterocycles. The van der Waals surface area contributed by atoms with Gasteiger partial charge in [-0.15, -0.1) is 0 Å². The van der Waals surface area contributed by atoms with Gasteiger partial charge in [-0.05, 0) is 41.5 Å². The van der Waals surface area contributed by atoms with E-state index in [1.165, 1.54) is 0 Å². The summed E-state index contributed by atoms with van der Waals surface area (Å²) in [7, 11) is 0. The molecule has 22 heavy (non-hydrogen) atoms. The van der Waals surface area contributed by atoms with Gasteiger partial charge < -0.3 is 9.63 Å². The Morgan fingerprint density at radius 2 is 2.05 bits per heavy atom. The normalized spacial score (nSPS) is 19.2. The van der Waals surface area contributed by atoms with Crippen molar-refractivity contribution in [3.05, 3.63) is 36.0 Å².